The first-order valence-electron chi connectivity index (χ1n) is 10.2. The van der Waals surface area contributed by atoms with Gasteiger partial charge in [-0.25, -0.2) is 4.39 Å². The summed E-state index contributed by atoms with van der Waals surface area (Å²) in [5, 5.41) is 3.10. The summed E-state index contributed by atoms with van der Waals surface area (Å²) in [6.07, 6.45) is 4.60. The van der Waals surface area contributed by atoms with Crippen LogP contribution in [0.3, 0.4) is 0 Å². The van der Waals surface area contributed by atoms with Crippen LogP contribution in [0.25, 0.3) is 0 Å². The van der Waals surface area contributed by atoms with Crippen LogP contribution in [0.4, 0.5) is 4.39 Å². The van der Waals surface area contributed by atoms with E-state index in [1.807, 2.05) is 12.1 Å². The highest BCUT2D eigenvalue weighted by molar-refractivity contribution is 5.94. The molecule has 1 atom stereocenters. The van der Waals surface area contributed by atoms with Gasteiger partial charge in [-0.05, 0) is 66.6 Å². The SMILES string of the molecule is O=C(NCC(c1ccc(F)cc1)N1CCOCC1)c1ccc2c(c1)CCCC2. The topological polar surface area (TPSA) is 41.6 Å². The molecule has 1 unspecified atom stereocenters. The van der Waals surface area contributed by atoms with E-state index in [-0.39, 0.29) is 17.8 Å². The van der Waals surface area contributed by atoms with Crippen molar-refractivity contribution in [3.8, 4) is 0 Å². The maximum absolute atomic E-state index is 13.4. The van der Waals surface area contributed by atoms with Crippen molar-refractivity contribution in [2.24, 2.45) is 0 Å². The molecule has 1 amide bonds. The van der Waals surface area contributed by atoms with Crippen LogP contribution in [0.2, 0.25) is 0 Å². The van der Waals surface area contributed by atoms with Gasteiger partial charge in [0.2, 0.25) is 0 Å². The highest BCUT2D eigenvalue weighted by Crippen LogP contribution is 2.24. The van der Waals surface area contributed by atoms with E-state index in [1.165, 1.54) is 36.1 Å². The maximum Gasteiger partial charge on any atom is 0.251 e. The smallest absolute Gasteiger partial charge is 0.251 e. The molecule has 4 nitrogen and oxygen atoms in total. The molecule has 4 rings (SSSR count). The third kappa shape index (κ3) is 4.42. The number of amides is 1. The van der Waals surface area contributed by atoms with Crippen molar-refractivity contribution in [3.63, 3.8) is 0 Å². The van der Waals surface area contributed by atoms with E-state index in [9.17, 15) is 9.18 Å². The standard InChI is InChI=1S/C23H27FN2O2/c24-21-9-7-18(8-10-21)22(26-11-13-28-14-12-26)16-25-23(27)20-6-5-17-3-1-2-4-19(17)15-20/h5-10,15,22H,1-4,11-14,16H2,(H,25,27). The van der Waals surface area contributed by atoms with Crippen LogP contribution in [0, 0.1) is 5.82 Å². The van der Waals surface area contributed by atoms with Crippen molar-refractivity contribution in [1.29, 1.82) is 0 Å². The molecular weight excluding hydrogens is 355 g/mol. The van der Waals surface area contributed by atoms with Crippen molar-refractivity contribution in [1.82, 2.24) is 10.2 Å². The first-order chi connectivity index (χ1) is 13.7. The van der Waals surface area contributed by atoms with Crippen LogP contribution in [0.1, 0.15) is 45.9 Å². The Labute approximate surface area is 165 Å². The molecule has 1 aliphatic carbocycles. The van der Waals surface area contributed by atoms with Gasteiger partial charge in [0.25, 0.3) is 5.91 Å². The number of hydrogen-bond acceptors (Lipinski definition) is 3. The molecule has 2 aromatic carbocycles. The molecule has 148 valence electrons. The highest BCUT2D eigenvalue weighted by atomic mass is 19.1. The Bertz CT molecular complexity index is 816. The molecule has 1 aliphatic heterocycles. The van der Waals surface area contributed by atoms with Gasteiger partial charge >= 0.3 is 0 Å². The summed E-state index contributed by atoms with van der Waals surface area (Å²) in [5.74, 6) is -0.295. The second-order valence-electron chi connectivity index (χ2n) is 7.62. The average molecular weight is 382 g/mol. The van der Waals surface area contributed by atoms with Gasteiger partial charge < -0.3 is 10.1 Å². The Morgan fingerprint density at radius 2 is 1.75 bits per heavy atom. The van der Waals surface area contributed by atoms with Crippen LogP contribution in [-0.4, -0.2) is 43.7 Å². The lowest BCUT2D eigenvalue weighted by atomic mass is 9.90. The summed E-state index contributed by atoms with van der Waals surface area (Å²) >= 11 is 0. The Balaban J connectivity index is 1.47. The van der Waals surface area contributed by atoms with Crippen molar-refractivity contribution < 1.29 is 13.9 Å². The maximum atomic E-state index is 13.4. The summed E-state index contributed by atoms with van der Waals surface area (Å²) in [6, 6.07) is 12.7. The fourth-order valence-corrected chi connectivity index (χ4v) is 4.20. The number of hydrogen-bond donors (Lipinski definition) is 1. The minimum absolute atomic E-state index is 0.00563. The molecule has 1 N–H and O–H groups in total. The van der Waals surface area contributed by atoms with Crippen molar-refractivity contribution in [2.45, 2.75) is 31.7 Å². The monoisotopic (exact) mass is 382 g/mol. The molecule has 0 saturated carbocycles. The van der Waals surface area contributed by atoms with Gasteiger partial charge in [0.15, 0.2) is 0 Å². The van der Waals surface area contributed by atoms with Crippen molar-refractivity contribution in [3.05, 3.63) is 70.5 Å². The third-order valence-electron chi connectivity index (χ3n) is 5.81. The number of fused-ring (bicyclic) bond motifs is 1. The molecule has 0 aromatic heterocycles. The normalized spacial score (nSPS) is 18.3. The van der Waals surface area contributed by atoms with Gasteiger partial charge in [0, 0.05) is 25.2 Å². The summed E-state index contributed by atoms with van der Waals surface area (Å²) in [6.45, 7) is 3.45. The molecule has 0 bridgehead atoms. The number of nitrogens with one attached hydrogen (secondary N) is 1. The zero-order chi connectivity index (χ0) is 19.3. The van der Waals surface area contributed by atoms with E-state index in [4.69, 9.17) is 4.74 Å². The van der Waals surface area contributed by atoms with Gasteiger partial charge in [-0.2, -0.15) is 0 Å². The van der Waals surface area contributed by atoms with Crippen LogP contribution in [-0.2, 0) is 17.6 Å². The van der Waals surface area contributed by atoms with Crippen molar-refractivity contribution in [2.75, 3.05) is 32.8 Å². The Kier molecular flexibility index (Phi) is 6.03. The fraction of sp³-hybridized carbons (Fsp3) is 0.435. The zero-order valence-corrected chi connectivity index (χ0v) is 16.1. The van der Waals surface area contributed by atoms with Gasteiger partial charge in [-0.15, -0.1) is 0 Å². The Morgan fingerprint density at radius 1 is 1.04 bits per heavy atom. The van der Waals surface area contributed by atoms with E-state index >= 15 is 0 Å². The molecule has 2 aliphatic rings. The second-order valence-corrected chi connectivity index (χ2v) is 7.62. The summed E-state index contributed by atoms with van der Waals surface area (Å²) in [5.41, 5.74) is 4.41. The number of nitrogens with zero attached hydrogens (tertiary/aromatic N) is 1. The number of carbonyl (C=O) groups is 1. The van der Waals surface area contributed by atoms with E-state index in [0.717, 1.165) is 37.1 Å². The van der Waals surface area contributed by atoms with Crippen LogP contribution < -0.4 is 5.32 Å². The quantitative estimate of drug-likeness (QED) is 0.861. The number of ether oxygens (including phenoxy) is 1. The molecule has 5 heteroatoms. The molecule has 1 saturated heterocycles. The lowest BCUT2D eigenvalue weighted by Gasteiger charge is -2.35. The van der Waals surface area contributed by atoms with Gasteiger partial charge in [-0.1, -0.05) is 18.2 Å². The number of rotatable bonds is 5. The number of aryl methyl sites for hydroxylation is 2. The minimum atomic E-state index is -0.248. The minimum Gasteiger partial charge on any atom is -0.379 e. The van der Waals surface area contributed by atoms with Gasteiger partial charge in [0.05, 0.1) is 19.3 Å². The molecule has 0 radical (unpaired) electrons. The molecule has 1 heterocycles. The predicted molar refractivity (Wildman–Crippen MR) is 107 cm³/mol. The van der Waals surface area contributed by atoms with Crippen LogP contribution in [0.15, 0.2) is 42.5 Å². The molecule has 0 spiro atoms. The fourth-order valence-electron chi connectivity index (χ4n) is 4.20. The summed E-state index contributed by atoms with van der Waals surface area (Å²) in [7, 11) is 0. The van der Waals surface area contributed by atoms with Gasteiger partial charge in [-0.3, -0.25) is 9.69 Å². The van der Waals surface area contributed by atoms with E-state index < -0.39 is 0 Å². The molecular formula is C23H27FN2O2. The zero-order valence-electron chi connectivity index (χ0n) is 16.1. The van der Waals surface area contributed by atoms with E-state index in [2.05, 4.69) is 16.3 Å². The van der Waals surface area contributed by atoms with E-state index in [0.29, 0.717) is 19.8 Å². The summed E-state index contributed by atoms with van der Waals surface area (Å²) in [4.78, 5) is 15.1. The molecule has 28 heavy (non-hydrogen) atoms. The van der Waals surface area contributed by atoms with Gasteiger partial charge in [0.1, 0.15) is 5.82 Å². The number of carbonyl (C=O) groups excluding carboxylic acids is 1. The third-order valence-corrected chi connectivity index (χ3v) is 5.81. The number of benzene rings is 2. The molecule has 2 aromatic rings. The lowest BCUT2D eigenvalue weighted by molar-refractivity contribution is 0.0162. The van der Waals surface area contributed by atoms with Crippen LogP contribution in [0.5, 0.6) is 0 Å². The first kappa shape index (κ1) is 19.1. The number of morpholine rings is 1. The number of halogens is 1. The predicted octanol–water partition coefficient (Wildman–Crippen LogP) is 3.51. The summed E-state index contributed by atoms with van der Waals surface area (Å²) < 4.78 is 18.8. The second kappa shape index (κ2) is 8.84. The lowest BCUT2D eigenvalue weighted by Crippen LogP contribution is -2.43. The van der Waals surface area contributed by atoms with E-state index in [1.54, 1.807) is 12.1 Å². The highest BCUT2D eigenvalue weighted by Gasteiger charge is 2.23. The largest absolute Gasteiger partial charge is 0.379 e. The van der Waals surface area contributed by atoms with Crippen LogP contribution >= 0.6 is 0 Å². The Morgan fingerprint density at radius 3 is 2.50 bits per heavy atom. The van der Waals surface area contributed by atoms with Crippen molar-refractivity contribution >= 4 is 5.91 Å². The Hall–Kier alpha value is -2.24. The first-order valence-corrected chi connectivity index (χ1v) is 10.2. The average Bonchev–Trinajstić information content (AvgIpc) is 2.75. The molecule has 1 fully saturated rings.